The van der Waals surface area contributed by atoms with Gasteiger partial charge in [-0.2, -0.15) is 0 Å². The minimum absolute atomic E-state index is 0.404. The van der Waals surface area contributed by atoms with Crippen molar-refractivity contribution in [1.82, 2.24) is 0 Å². The van der Waals surface area contributed by atoms with Gasteiger partial charge in [0.15, 0.2) is 27.9 Å². The maximum absolute atomic E-state index is 11.5. The molecule has 0 aliphatic carbocycles. The highest BCUT2D eigenvalue weighted by atomic mass is 32.2. The molecule has 0 aromatic heterocycles. The minimum atomic E-state index is -2.40. The van der Waals surface area contributed by atoms with Crippen molar-refractivity contribution in [2.45, 2.75) is 32.9 Å². The summed E-state index contributed by atoms with van der Waals surface area (Å²) in [5.74, 6) is -1.74. The molecule has 0 aromatic rings. The van der Waals surface area contributed by atoms with Gasteiger partial charge in [0.2, 0.25) is 0 Å². The fourth-order valence-corrected chi connectivity index (χ4v) is 1.89. The average Bonchev–Trinajstić information content (AvgIpc) is 2.03. The maximum atomic E-state index is 11.5. The summed E-state index contributed by atoms with van der Waals surface area (Å²) in [7, 11) is 0. The van der Waals surface area contributed by atoms with Gasteiger partial charge >= 0.3 is 0 Å². The lowest BCUT2D eigenvalue weighted by Gasteiger charge is -2.14. The zero-order valence-electron chi connectivity index (χ0n) is 8.81. The number of ketones is 2. The summed E-state index contributed by atoms with van der Waals surface area (Å²) in [5, 5.41) is -1.38. The van der Waals surface area contributed by atoms with E-state index >= 15 is 0 Å². The quantitative estimate of drug-likeness (QED) is 0.555. The molecule has 14 heavy (non-hydrogen) atoms. The average molecular weight is 220 g/mol. The zero-order chi connectivity index (χ0) is 11.5. The van der Waals surface area contributed by atoms with Crippen molar-refractivity contribution in [2.24, 2.45) is 11.8 Å². The van der Waals surface area contributed by atoms with Crippen molar-refractivity contribution in [2.75, 3.05) is 0 Å². The van der Waals surface area contributed by atoms with Crippen LogP contribution in [0.4, 0.5) is 0 Å². The second kappa shape index (κ2) is 5.36. The molecular weight excluding hydrogens is 204 g/mol. The van der Waals surface area contributed by atoms with Gasteiger partial charge in [-0.1, -0.05) is 27.7 Å². The van der Waals surface area contributed by atoms with Gasteiger partial charge in [0.25, 0.3) is 0 Å². The van der Waals surface area contributed by atoms with E-state index in [0.717, 1.165) is 0 Å². The van der Waals surface area contributed by atoms with Gasteiger partial charge < -0.3 is 4.55 Å². The van der Waals surface area contributed by atoms with Gasteiger partial charge in [-0.25, -0.2) is 4.21 Å². The molecule has 4 nitrogen and oxygen atoms in total. The Morgan fingerprint density at radius 1 is 1.00 bits per heavy atom. The Bertz CT molecular complexity index is 238. The number of rotatable bonds is 5. The first-order chi connectivity index (χ1) is 6.29. The van der Waals surface area contributed by atoms with Gasteiger partial charge in [-0.05, 0) is 0 Å². The normalized spacial score (nSPS) is 13.7. The van der Waals surface area contributed by atoms with Crippen LogP contribution < -0.4 is 0 Å². The van der Waals surface area contributed by atoms with Crippen molar-refractivity contribution in [3.05, 3.63) is 0 Å². The Kier molecular flexibility index (Phi) is 5.15. The molecule has 82 valence electrons. The summed E-state index contributed by atoms with van der Waals surface area (Å²) in [4.78, 5) is 22.9. The van der Waals surface area contributed by atoms with Gasteiger partial charge in [0.1, 0.15) is 0 Å². The van der Waals surface area contributed by atoms with Crippen LogP contribution in [0.2, 0.25) is 0 Å². The minimum Gasteiger partial charge on any atom is -0.305 e. The third-order valence-electron chi connectivity index (χ3n) is 1.86. The van der Waals surface area contributed by atoms with E-state index in [0.29, 0.717) is 0 Å². The first kappa shape index (κ1) is 13.4. The Morgan fingerprint density at radius 2 is 1.29 bits per heavy atom. The molecular formula is C9H16O4S. The van der Waals surface area contributed by atoms with Crippen molar-refractivity contribution in [3.8, 4) is 0 Å². The van der Waals surface area contributed by atoms with Crippen molar-refractivity contribution >= 4 is 22.6 Å². The standard InChI is InChI=1S/C9H16O4S/c1-5(2)7(10)9(14(12)13)8(11)6(3)4/h5-6,9H,1-4H3,(H,12,13). The number of carbonyl (C=O) groups is 2. The summed E-state index contributed by atoms with van der Waals surface area (Å²) < 4.78 is 19.7. The molecule has 0 radical (unpaired) electrons. The number of hydrogen-bond acceptors (Lipinski definition) is 3. The van der Waals surface area contributed by atoms with Gasteiger partial charge in [-0.3, -0.25) is 9.59 Å². The summed E-state index contributed by atoms with van der Waals surface area (Å²) >= 11 is -2.40. The van der Waals surface area contributed by atoms with Crippen LogP contribution in [0.1, 0.15) is 27.7 Å². The molecule has 0 aliphatic heterocycles. The summed E-state index contributed by atoms with van der Waals surface area (Å²) in [6.07, 6.45) is 0. The monoisotopic (exact) mass is 220 g/mol. The Balaban J connectivity index is 4.88. The largest absolute Gasteiger partial charge is 0.305 e. The molecule has 0 amide bonds. The topological polar surface area (TPSA) is 71.4 Å². The van der Waals surface area contributed by atoms with Gasteiger partial charge in [-0.15, -0.1) is 0 Å². The number of carbonyl (C=O) groups excluding carboxylic acids is 2. The van der Waals surface area contributed by atoms with Gasteiger partial charge in [0, 0.05) is 11.8 Å². The van der Waals surface area contributed by atoms with E-state index in [1.807, 2.05) is 0 Å². The smallest absolute Gasteiger partial charge is 0.177 e. The first-order valence-corrected chi connectivity index (χ1v) is 5.63. The van der Waals surface area contributed by atoms with Crippen molar-refractivity contribution in [1.29, 1.82) is 0 Å². The molecule has 0 saturated carbocycles. The predicted octanol–water partition coefficient (Wildman–Crippen LogP) is 1.03. The van der Waals surface area contributed by atoms with Gasteiger partial charge in [0.05, 0.1) is 0 Å². The van der Waals surface area contributed by atoms with E-state index in [2.05, 4.69) is 0 Å². The van der Waals surface area contributed by atoms with Crippen LogP contribution in [0.15, 0.2) is 0 Å². The highest BCUT2D eigenvalue weighted by Crippen LogP contribution is 2.11. The Labute approximate surface area is 86.4 Å². The second-order valence-electron chi connectivity index (χ2n) is 3.77. The lowest BCUT2D eigenvalue weighted by Crippen LogP contribution is -2.39. The van der Waals surface area contributed by atoms with E-state index in [9.17, 15) is 13.8 Å². The summed E-state index contributed by atoms with van der Waals surface area (Å²) in [5.41, 5.74) is 0. The molecule has 0 rings (SSSR count). The predicted molar refractivity (Wildman–Crippen MR) is 54.2 cm³/mol. The SMILES string of the molecule is CC(C)C(=O)C(C(=O)C(C)C)S(=O)O. The third-order valence-corrected chi connectivity index (χ3v) is 2.72. The molecule has 0 fully saturated rings. The molecule has 0 saturated heterocycles. The summed E-state index contributed by atoms with van der Waals surface area (Å²) in [6, 6.07) is 0. The molecule has 0 spiro atoms. The molecule has 0 heterocycles. The number of hydrogen-bond donors (Lipinski definition) is 1. The Hall–Kier alpha value is -0.550. The fraction of sp³-hybridized carbons (Fsp3) is 0.778. The van der Waals surface area contributed by atoms with E-state index in [-0.39, 0.29) is 0 Å². The highest BCUT2D eigenvalue weighted by molar-refractivity contribution is 7.81. The fourth-order valence-electron chi connectivity index (χ4n) is 0.944. The van der Waals surface area contributed by atoms with Crippen molar-refractivity contribution < 1.29 is 18.4 Å². The van der Waals surface area contributed by atoms with Crippen LogP contribution in [-0.4, -0.2) is 25.6 Å². The van der Waals surface area contributed by atoms with Crippen LogP contribution >= 0.6 is 0 Å². The van der Waals surface area contributed by atoms with E-state index in [1.54, 1.807) is 27.7 Å². The van der Waals surface area contributed by atoms with E-state index in [1.165, 1.54) is 0 Å². The lowest BCUT2D eigenvalue weighted by atomic mass is 9.98. The Morgan fingerprint density at radius 3 is 1.43 bits per heavy atom. The molecule has 5 heteroatoms. The first-order valence-electron chi connectivity index (χ1n) is 4.46. The maximum Gasteiger partial charge on any atom is 0.177 e. The second-order valence-corrected chi connectivity index (χ2v) is 4.79. The lowest BCUT2D eigenvalue weighted by molar-refractivity contribution is -0.129. The molecule has 1 atom stereocenters. The zero-order valence-corrected chi connectivity index (χ0v) is 9.63. The van der Waals surface area contributed by atoms with Crippen LogP contribution in [0.3, 0.4) is 0 Å². The van der Waals surface area contributed by atoms with Crippen LogP contribution in [0.25, 0.3) is 0 Å². The third kappa shape index (κ3) is 3.31. The van der Waals surface area contributed by atoms with Crippen LogP contribution in [0, 0.1) is 11.8 Å². The van der Waals surface area contributed by atoms with E-state index in [4.69, 9.17) is 4.55 Å². The molecule has 0 bridgehead atoms. The summed E-state index contributed by atoms with van der Waals surface area (Å²) in [6.45, 7) is 6.43. The van der Waals surface area contributed by atoms with E-state index < -0.39 is 39.7 Å². The number of Topliss-reactive ketones (excluding diaryl/α,β-unsaturated/α-hetero) is 2. The highest BCUT2D eigenvalue weighted by Gasteiger charge is 2.34. The van der Waals surface area contributed by atoms with Crippen molar-refractivity contribution in [3.63, 3.8) is 0 Å². The molecule has 0 aromatic carbocycles. The van der Waals surface area contributed by atoms with Crippen LogP contribution in [-0.2, 0) is 20.7 Å². The molecule has 0 aliphatic rings. The molecule has 1 unspecified atom stereocenters. The van der Waals surface area contributed by atoms with Crippen LogP contribution in [0.5, 0.6) is 0 Å². The molecule has 1 N–H and O–H groups in total.